The molecule has 3 aromatic carbocycles. The van der Waals surface area contributed by atoms with Crippen molar-refractivity contribution in [3.8, 4) is 23.0 Å². The van der Waals surface area contributed by atoms with Gasteiger partial charge in [-0.3, -0.25) is 19.7 Å². The number of carbonyl (C=O) groups is 2. The van der Waals surface area contributed by atoms with Crippen LogP contribution in [0.2, 0.25) is 0 Å². The van der Waals surface area contributed by atoms with E-state index in [9.17, 15) is 19.7 Å². The first kappa shape index (κ1) is 22.4. The van der Waals surface area contributed by atoms with E-state index in [1.807, 2.05) is 0 Å². The van der Waals surface area contributed by atoms with Gasteiger partial charge in [0, 0.05) is 16.1 Å². The van der Waals surface area contributed by atoms with Gasteiger partial charge in [0.2, 0.25) is 13.3 Å². The van der Waals surface area contributed by atoms with Crippen LogP contribution in [0.5, 0.6) is 23.0 Å². The second kappa shape index (κ2) is 8.43. The highest BCUT2D eigenvalue weighted by molar-refractivity contribution is 6.33. The summed E-state index contributed by atoms with van der Waals surface area (Å²) in [4.78, 5) is 39.7. The molecule has 35 heavy (non-hydrogen) atoms. The fourth-order valence-corrected chi connectivity index (χ4v) is 5.04. The monoisotopic (exact) mass is 475 g/mol. The van der Waals surface area contributed by atoms with E-state index in [0.29, 0.717) is 28.6 Å². The van der Waals surface area contributed by atoms with Gasteiger partial charge in [0.1, 0.15) is 5.41 Å². The first-order valence-electron chi connectivity index (χ1n) is 10.8. The molecule has 0 unspecified atom stereocenters. The average Bonchev–Trinajstić information content (AvgIpc) is 3.43. The van der Waals surface area contributed by atoms with Crippen molar-refractivity contribution < 1.29 is 33.5 Å². The second-order valence-electron chi connectivity index (χ2n) is 8.26. The molecule has 0 N–H and O–H groups in total. The van der Waals surface area contributed by atoms with Gasteiger partial charge < -0.3 is 18.9 Å². The molecular formula is C26H21NO8. The number of methoxy groups -OCH3 is 2. The van der Waals surface area contributed by atoms with E-state index < -0.39 is 34.4 Å². The lowest BCUT2D eigenvalue weighted by atomic mass is 9.64. The second-order valence-corrected chi connectivity index (χ2v) is 8.26. The van der Waals surface area contributed by atoms with Crippen LogP contribution in [-0.4, -0.2) is 44.0 Å². The summed E-state index contributed by atoms with van der Waals surface area (Å²) in [6, 6.07) is 16.0. The van der Waals surface area contributed by atoms with Gasteiger partial charge in [-0.1, -0.05) is 36.4 Å². The highest BCUT2D eigenvalue weighted by Gasteiger charge is 2.60. The molecule has 2 aliphatic rings. The van der Waals surface area contributed by atoms with Crippen LogP contribution in [0.1, 0.15) is 37.8 Å². The van der Waals surface area contributed by atoms with Crippen LogP contribution in [0.3, 0.4) is 0 Å². The number of fused-ring (bicyclic) bond motifs is 2. The maximum absolute atomic E-state index is 14.1. The molecule has 0 aromatic heterocycles. The molecule has 0 bridgehead atoms. The zero-order chi connectivity index (χ0) is 24.7. The summed E-state index contributed by atoms with van der Waals surface area (Å²) in [7, 11) is 2.91. The van der Waals surface area contributed by atoms with Gasteiger partial charge in [-0.15, -0.1) is 0 Å². The number of hydrogen-bond acceptors (Lipinski definition) is 8. The zero-order valence-electron chi connectivity index (χ0n) is 19.0. The lowest BCUT2D eigenvalue weighted by Gasteiger charge is -2.33. The summed E-state index contributed by atoms with van der Waals surface area (Å²) in [5, 5.41) is 11.9. The Bertz CT molecular complexity index is 1330. The number of rotatable bonds is 7. The van der Waals surface area contributed by atoms with Crippen molar-refractivity contribution in [2.45, 2.75) is 11.3 Å². The maximum Gasteiger partial charge on any atom is 0.231 e. The minimum absolute atomic E-state index is 0.0167. The van der Waals surface area contributed by atoms with Crippen molar-refractivity contribution in [3.05, 3.63) is 93.0 Å². The van der Waals surface area contributed by atoms with Crippen molar-refractivity contribution >= 4 is 11.6 Å². The van der Waals surface area contributed by atoms with Gasteiger partial charge in [-0.25, -0.2) is 0 Å². The lowest BCUT2D eigenvalue weighted by Crippen LogP contribution is -2.46. The molecule has 1 atom stereocenters. The molecule has 0 saturated heterocycles. The van der Waals surface area contributed by atoms with Crippen LogP contribution in [0.15, 0.2) is 60.7 Å². The summed E-state index contributed by atoms with van der Waals surface area (Å²) in [5.74, 6) is -0.570. The van der Waals surface area contributed by atoms with E-state index >= 15 is 0 Å². The number of nitrogens with zero attached hydrogens (tertiary/aromatic N) is 1. The topological polar surface area (TPSA) is 114 Å². The number of ketones is 2. The van der Waals surface area contributed by atoms with E-state index in [-0.39, 0.29) is 23.5 Å². The Morgan fingerprint density at radius 1 is 0.914 bits per heavy atom. The molecular weight excluding hydrogens is 454 g/mol. The van der Waals surface area contributed by atoms with Crippen LogP contribution in [-0.2, 0) is 5.41 Å². The van der Waals surface area contributed by atoms with Gasteiger partial charge in [0.25, 0.3) is 0 Å². The third-order valence-electron chi connectivity index (χ3n) is 6.62. The van der Waals surface area contributed by atoms with Crippen LogP contribution < -0.4 is 18.9 Å². The molecule has 178 valence electrons. The third-order valence-corrected chi connectivity index (χ3v) is 6.62. The number of carbonyl (C=O) groups excluding carboxylic acids is 2. The predicted molar refractivity (Wildman–Crippen MR) is 123 cm³/mol. The number of nitro groups is 1. The molecule has 3 aromatic rings. The minimum Gasteiger partial charge on any atom is -0.493 e. The molecule has 1 heterocycles. The molecule has 0 spiro atoms. The van der Waals surface area contributed by atoms with Crippen molar-refractivity contribution in [1.29, 1.82) is 0 Å². The standard InChI is InChI=1S/C26H21NO8/c1-32-20-10-8-16(12-22(20)33-2)26(24(28)17-5-3-4-6-18(17)25(26)29)19(13-27(30)31)15-7-9-21-23(11-15)35-14-34-21/h3-12,19H,13-14H2,1-2H3/t19-/m1/s1. The molecule has 0 fully saturated rings. The molecule has 1 aliphatic heterocycles. The Kier molecular flexibility index (Phi) is 5.39. The Labute approximate surface area is 200 Å². The molecule has 9 heteroatoms. The smallest absolute Gasteiger partial charge is 0.231 e. The highest BCUT2D eigenvalue weighted by atomic mass is 16.7. The Morgan fingerprint density at radius 2 is 1.57 bits per heavy atom. The molecule has 0 saturated carbocycles. The third kappa shape index (κ3) is 3.30. The van der Waals surface area contributed by atoms with Crippen LogP contribution in [0.4, 0.5) is 0 Å². The largest absolute Gasteiger partial charge is 0.493 e. The summed E-state index contributed by atoms with van der Waals surface area (Å²) in [6.45, 7) is -0.651. The van der Waals surface area contributed by atoms with Crippen LogP contribution in [0.25, 0.3) is 0 Å². The van der Waals surface area contributed by atoms with E-state index in [2.05, 4.69) is 0 Å². The summed E-state index contributed by atoms with van der Waals surface area (Å²) in [5.41, 5.74) is -0.756. The molecule has 1 aliphatic carbocycles. The van der Waals surface area contributed by atoms with E-state index in [0.717, 1.165) is 0 Å². The summed E-state index contributed by atoms with van der Waals surface area (Å²) in [6.07, 6.45) is 0. The Hall–Kier alpha value is -4.40. The quantitative estimate of drug-likeness (QED) is 0.288. The molecule has 9 nitrogen and oxygen atoms in total. The first-order chi connectivity index (χ1) is 16.9. The van der Waals surface area contributed by atoms with Crippen LogP contribution in [0, 0.1) is 10.1 Å². The molecule has 0 radical (unpaired) electrons. The lowest BCUT2D eigenvalue weighted by molar-refractivity contribution is -0.484. The van der Waals surface area contributed by atoms with Crippen molar-refractivity contribution in [1.82, 2.24) is 0 Å². The Morgan fingerprint density at radius 3 is 2.20 bits per heavy atom. The number of hydrogen-bond donors (Lipinski definition) is 0. The van der Waals surface area contributed by atoms with Crippen LogP contribution >= 0.6 is 0 Å². The van der Waals surface area contributed by atoms with E-state index in [4.69, 9.17) is 18.9 Å². The van der Waals surface area contributed by atoms with Gasteiger partial charge in [-0.2, -0.15) is 0 Å². The number of ether oxygens (including phenoxy) is 4. The summed E-state index contributed by atoms with van der Waals surface area (Å²) < 4.78 is 21.6. The molecule has 0 amide bonds. The highest BCUT2D eigenvalue weighted by Crippen LogP contribution is 2.51. The predicted octanol–water partition coefficient (Wildman–Crippen LogP) is 3.81. The van der Waals surface area contributed by atoms with Gasteiger partial charge >= 0.3 is 0 Å². The maximum atomic E-state index is 14.1. The van der Waals surface area contributed by atoms with E-state index in [1.165, 1.54) is 14.2 Å². The normalized spacial score (nSPS) is 16.1. The van der Waals surface area contributed by atoms with Crippen molar-refractivity contribution in [2.75, 3.05) is 27.6 Å². The minimum atomic E-state index is -1.90. The Balaban J connectivity index is 1.80. The molecule has 5 rings (SSSR count). The van der Waals surface area contributed by atoms with E-state index in [1.54, 1.807) is 60.7 Å². The SMILES string of the molecule is COc1ccc(C2([C@H](C[N+](=O)[O-])c3ccc4c(c3)OCO4)C(=O)c3ccccc3C2=O)cc1OC. The zero-order valence-corrected chi connectivity index (χ0v) is 19.0. The average molecular weight is 475 g/mol. The van der Waals surface area contributed by atoms with Crippen molar-refractivity contribution in [3.63, 3.8) is 0 Å². The van der Waals surface area contributed by atoms with Crippen molar-refractivity contribution in [2.24, 2.45) is 0 Å². The van der Waals surface area contributed by atoms with Gasteiger partial charge in [0.05, 0.1) is 20.1 Å². The number of benzene rings is 3. The summed E-state index contributed by atoms with van der Waals surface area (Å²) >= 11 is 0. The first-order valence-corrected chi connectivity index (χ1v) is 10.8. The fourth-order valence-electron chi connectivity index (χ4n) is 5.04. The van der Waals surface area contributed by atoms with Gasteiger partial charge in [-0.05, 0) is 35.4 Å². The fraction of sp³-hybridized carbons (Fsp3) is 0.231. The number of Topliss-reactive ketones (excluding diaryl/α,β-unsaturated/α-hetero) is 2. The van der Waals surface area contributed by atoms with Gasteiger partial charge in [0.15, 0.2) is 34.6 Å².